The molecule has 1 heterocycles. The highest BCUT2D eigenvalue weighted by Crippen LogP contribution is 2.32. The van der Waals surface area contributed by atoms with Gasteiger partial charge < -0.3 is 0 Å². The first-order valence-corrected chi connectivity index (χ1v) is 9.95. The summed E-state index contributed by atoms with van der Waals surface area (Å²) in [4.78, 5) is 23.4. The molecule has 1 aliphatic heterocycles. The van der Waals surface area contributed by atoms with E-state index in [0.717, 1.165) is 24.3 Å². The summed E-state index contributed by atoms with van der Waals surface area (Å²) in [5.41, 5.74) is -0.478. The Morgan fingerprint density at radius 3 is 2.19 bits per heavy atom. The quantitative estimate of drug-likeness (QED) is 0.407. The Morgan fingerprint density at radius 1 is 1.00 bits per heavy atom. The van der Waals surface area contributed by atoms with Crippen LogP contribution in [-0.2, 0) is 9.59 Å². The van der Waals surface area contributed by atoms with Gasteiger partial charge in [0.2, 0.25) is 0 Å². The molecule has 0 aliphatic carbocycles. The predicted octanol–water partition coefficient (Wildman–Crippen LogP) is 4.68. The highest BCUT2D eigenvalue weighted by Gasteiger charge is 2.33. The second-order valence-corrected chi connectivity index (χ2v) is 9.33. The van der Waals surface area contributed by atoms with E-state index in [9.17, 15) is 9.59 Å². The minimum Gasteiger partial charge on any atom is -0.300 e. The van der Waals surface area contributed by atoms with Crippen molar-refractivity contribution in [2.45, 2.75) is 65.5 Å². The number of hydrogen-bond donors (Lipinski definition) is 0. The van der Waals surface area contributed by atoms with Crippen molar-refractivity contribution in [3.8, 4) is 0 Å². The van der Waals surface area contributed by atoms with Crippen molar-refractivity contribution in [3.05, 3.63) is 0 Å². The molecule has 0 atom stereocenters. The maximum Gasteiger partial charge on any atom is 0.188 e. The van der Waals surface area contributed by atoms with E-state index in [1.54, 1.807) is 21.6 Å². The third-order valence-corrected chi connectivity index (χ3v) is 5.83. The van der Waals surface area contributed by atoms with E-state index in [1.165, 1.54) is 0 Å². The Hall–Kier alpha value is -0.360. The van der Waals surface area contributed by atoms with Crippen molar-refractivity contribution in [3.63, 3.8) is 0 Å². The van der Waals surface area contributed by atoms with Gasteiger partial charge in [-0.1, -0.05) is 42.4 Å². The smallest absolute Gasteiger partial charge is 0.188 e. The number of carbonyl (C=O) groups excluding carboxylic acids is 2. The largest absolute Gasteiger partial charge is 0.300 e. The lowest BCUT2D eigenvalue weighted by atomic mass is 9.89. The Bertz CT molecular complexity index is 397. The van der Waals surface area contributed by atoms with Crippen LogP contribution in [0.1, 0.15) is 59.8 Å². The Kier molecular flexibility index (Phi) is 7.40. The first kappa shape index (κ1) is 18.7. The second-order valence-electron chi connectivity index (χ2n) is 6.63. The molecule has 6 heteroatoms. The summed E-state index contributed by atoms with van der Waals surface area (Å²) in [5.74, 6) is 2.44. The van der Waals surface area contributed by atoms with Gasteiger partial charge in [0.1, 0.15) is 11.6 Å². The summed E-state index contributed by atoms with van der Waals surface area (Å²) in [6, 6.07) is 0. The molecule has 0 aromatic rings. The summed E-state index contributed by atoms with van der Waals surface area (Å²) in [5, 5.41) is 7.81. The van der Waals surface area contributed by atoms with Gasteiger partial charge in [-0.05, 0) is 13.3 Å². The van der Waals surface area contributed by atoms with Gasteiger partial charge in [0.05, 0.1) is 0 Å². The summed E-state index contributed by atoms with van der Waals surface area (Å²) in [6.45, 7) is 7.83. The molecule has 0 aromatic heterocycles. The Morgan fingerprint density at radius 2 is 1.62 bits per heavy atom. The highest BCUT2D eigenvalue weighted by atomic mass is 33.1. The summed E-state index contributed by atoms with van der Waals surface area (Å²) in [7, 11) is 3.49. The predicted molar refractivity (Wildman–Crippen MR) is 90.7 cm³/mol. The second kappa shape index (κ2) is 8.32. The molecular formula is C15H26N2O2S2. The van der Waals surface area contributed by atoms with Crippen molar-refractivity contribution >= 4 is 33.2 Å². The standard InChI is InChI=1S/C15H26N2O2S2/c1-14(2,3)13(19)8-11-21-20-10-5-6-12(18)7-9-15(4)16-17-15/h5-11H2,1-4H3. The number of ketones is 2. The molecule has 0 aromatic carbocycles. The van der Waals surface area contributed by atoms with Gasteiger partial charge in [-0.25, -0.2) is 0 Å². The van der Waals surface area contributed by atoms with E-state index < -0.39 is 0 Å². The molecule has 0 saturated heterocycles. The molecule has 0 N–H and O–H groups in total. The van der Waals surface area contributed by atoms with Gasteiger partial charge in [0.25, 0.3) is 0 Å². The van der Waals surface area contributed by atoms with E-state index in [0.29, 0.717) is 30.8 Å². The van der Waals surface area contributed by atoms with Crippen LogP contribution in [0, 0.1) is 5.41 Å². The number of nitrogens with zero attached hydrogens (tertiary/aromatic N) is 2. The van der Waals surface area contributed by atoms with Gasteiger partial charge in [-0.3, -0.25) is 9.59 Å². The van der Waals surface area contributed by atoms with Gasteiger partial charge in [-0.2, -0.15) is 10.2 Å². The zero-order chi connectivity index (χ0) is 15.9. The average molecular weight is 331 g/mol. The molecule has 0 radical (unpaired) electrons. The van der Waals surface area contributed by atoms with E-state index in [2.05, 4.69) is 10.2 Å². The number of carbonyl (C=O) groups is 2. The van der Waals surface area contributed by atoms with Crippen molar-refractivity contribution < 1.29 is 9.59 Å². The molecule has 0 amide bonds. The van der Waals surface area contributed by atoms with Crippen molar-refractivity contribution in [2.24, 2.45) is 15.6 Å². The molecule has 0 fully saturated rings. The van der Waals surface area contributed by atoms with Crippen LogP contribution in [0.4, 0.5) is 0 Å². The number of hydrogen-bond acceptors (Lipinski definition) is 6. The van der Waals surface area contributed by atoms with Crippen LogP contribution < -0.4 is 0 Å². The third-order valence-electron chi connectivity index (χ3n) is 3.33. The maximum atomic E-state index is 11.7. The van der Waals surface area contributed by atoms with E-state index >= 15 is 0 Å². The summed E-state index contributed by atoms with van der Waals surface area (Å²) in [6.07, 6.45) is 3.52. The van der Waals surface area contributed by atoms with Crippen molar-refractivity contribution in [1.29, 1.82) is 0 Å². The van der Waals surface area contributed by atoms with E-state index in [1.807, 2.05) is 27.7 Å². The Balaban J connectivity index is 1.90. The molecular weight excluding hydrogens is 304 g/mol. The van der Waals surface area contributed by atoms with Crippen LogP contribution in [0.2, 0.25) is 0 Å². The first-order chi connectivity index (χ1) is 9.73. The van der Waals surface area contributed by atoms with Crippen LogP contribution in [0.3, 0.4) is 0 Å². The van der Waals surface area contributed by atoms with Crippen LogP contribution in [0.5, 0.6) is 0 Å². The molecule has 1 rings (SSSR count). The van der Waals surface area contributed by atoms with Crippen molar-refractivity contribution in [1.82, 2.24) is 0 Å². The molecule has 0 unspecified atom stereocenters. The van der Waals surface area contributed by atoms with Crippen molar-refractivity contribution in [2.75, 3.05) is 11.5 Å². The molecule has 21 heavy (non-hydrogen) atoms. The van der Waals surface area contributed by atoms with E-state index in [4.69, 9.17) is 0 Å². The van der Waals surface area contributed by atoms with Crippen LogP contribution >= 0.6 is 21.6 Å². The van der Waals surface area contributed by atoms with Crippen LogP contribution in [-0.4, -0.2) is 28.7 Å². The number of rotatable bonds is 11. The van der Waals surface area contributed by atoms with Gasteiger partial charge in [-0.15, -0.1) is 0 Å². The molecule has 0 saturated carbocycles. The number of Topliss-reactive ketones (excluding diaryl/α,β-unsaturated/α-hetero) is 2. The average Bonchev–Trinajstić information content (AvgIpc) is 3.12. The molecule has 0 spiro atoms. The summed E-state index contributed by atoms with van der Waals surface area (Å²) < 4.78 is 0. The molecule has 120 valence electrons. The minimum absolute atomic E-state index is 0.228. The van der Waals surface area contributed by atoms with Crippen LogP contribution in [0.25, 0.3) is 0 Å². The third kappa shape index (κ3) is 8.61. The fourth-order valence-electron chi connectivity index (χ4n) is 1.64. The topological polar surface area (TPSA) is 58.9 Å². The zero-order valence-electron chi connectivity index (χ0n) is 13.5. The lowest BCUT2D eigenvalue weighted by molar-refractivity contribution is -0.125. The van der Waals surface area contributed by atoms with Gasteiger partial charge in [0, 0.05) is 42.6 Å². The molecule has 1 aliphatic rings. The lowest BCUT2D eigenvalue weighted by Crippen LogP contribution is -2.20. The molecule has 4 nitrogen and oxygen atoms in total. The van der Waals surface area contributed by atoms with E-state index in [-0.39, 0.29) is 11.1 Å². The maximum absolute atomic E-state index is 11.7. The highest BCUT2D eigenvalue weighted by molar-refractivity contribution is 8.76. The minimum atomic E-state index is -0.250. The molecule has 0 bridgehead atoms. The summed E-state index contributed by atoms with van der Waals surface area (Å²) >= 11 is 0. The van der Waals surface area contributed by atoms with Gasteiger partial charge in [0.15, 0.2) is 5.66 Å². The Labute approximate surface area is 135 Å². The zero-order valence-corrected chi connectivity index (χ0v) is 15.1. The normalized spacial score (nSPS) is 16.0. The lowest BCUT2D eigenvalue weighted by Gasteiger charge is -2.15. The SMILES string of the molecule is CC1(CCC(=O)CCCSSCCC(=O)C(C)(C)C)N=N1. The van der Waals surface area contributed by atoms with Gasteiger partial charge >= 0.3 is 0 Å². The van der Waals surface area contributed by atoms with Crippen LogP contribution in [0.15, 0.2) is 10.2 Å². The fraction of sp³-hybridized carbons (Fsp3) is 0.867. The first-order valence-electron chi connectivity index (χ1n) is 7.46. The monoisotopic (exact) mass is 330 g/mol. The fourth-order valence-corrected chi connectivity index (χ4v) is 3.72.